The summed E-state index contributed by atoms with van der Waals surface area (Å²) in [4.78, 5) is 10.8. The summed E-state index contributed by atoms with van der Waals surface area (Å²) in [7, 11) is 0. The van der Waals surface area contributed by atoms with E-state index in [1.54, 1.807) is 11.3 Å². The third-order valence-electron chi connectivity index (χ3n) is 2.32. The minimum atomic E-state index is 0.540. The third kappa shape index (κ3) is 1.79. The van der Waals surface area contributed by atoms with E-state index >= 15 is 0 Å². The highest BCUT2D eigenvalue weighted by Crippen LogP contribution is 2.33. The van der Waals surface area contributed by atoms with E-state index in [2.05, 4.69) is 29.1 Å². The molecule has 3 nitrogen and oxygen atoms in total. The molecule has 0 amide bonds. The Kier molecular flexibility index (Phi) is 2.80. The van der Waals surface area contributed by atoms with Crippen LogP contribution in [-0.2, 0) is 0 Å². The quantitative estimate of drug-likeness (QED) is 0.819. The SMILES string of the molecule is CCNc1nc(Cl)c2c(C)c(C)sc2n1. The molecule has 0 atom stereocenters. The number of aryl methyl sites for hydroxylation is 2. The van der Waals surface area contributed by atoms with Crippen LogP contribution in [0.25, 0.3) is 10.2 Å². The Morgan fingerprint density at radius 2 is 2.07 bits per heavy atom. The molecule has 0 aliphatic carbocycles. The molecule has 2 aromatic rings. The van der Waals surface area contributed by atoms with Crippen molar-refractivity contribution in [3.05, 3.63) is 15.6 Å². The summed E-state index contributed by atoms with van der Waals surface area (Å²) in [6.07, 6.45) is 0. The van der Waals surface area contributed by atoms with Gasteiger partial charge in [-0.1, -0.05) is 11.6 Å². The Labute approximate surface area is 97.5 Å². The summed E-state index contributed by atoms with van der Waals surface area (Å²) in [5.41, 5.74) is 1.18. The lowest BCUT2D eigenvalue weighted by molar-refractivity contribution is 1.11. The summed E-state index contributed by atoms with van der Waals surface area (Å²) in [6, 6.07) is 0. The number of hydrogen-bond donors (Lipinski definition) is 1. The van der Waals surface area contributed by atoms with Crippen LogP contribution in [0, 0.1) is 13.8 Å². The fourth-order valence-corrected chi connectivity index (χ4v) is 2.83. The highest BCUT2D eigenvalue weighted by molar-refractivity contribution is 7.18. The van der Waals surface area contributed by atoms with E-state index in [1.807, 2.05) is 6.92 Å². The standard InChI is InChI=1S/C10H12ClN3S/c1-4-12-10-13-8(11)7-5(2)6(3)15-9(7)14-10/h4H2,1-3H3,(H,12,13,14). The zero-order valence-electron chi connectivity index (χ0n) is 8.89. The maximum absolute atomic E-state index is 6.13. The molecule has 80 valence electrons. The second-order valence-corrected chi connectivity index (χ2v) is 4.89. The normalized spacial score (nSPS) is 10.9. The molecule has 0 aliphatic rings. The number of rotatable bonds is 2. The molecule has 0 saturated carbocycles. The Balaban J connectivity index is 2.67. The molecule has 0 unspecified atom stereocenters. The lowest BCUT2D eigenvalue weighted by Gasteiger charge is -2.02. The number of nitrogens with one attached hydrogen (secondary N) is 1. The molecular weight excluding hydrogens is 230 g/mol. The zero-order chi connectivity index (χ0) is 11.0. The molecule has 0 radical (unpaired) electrons. The Bertz CT molecular complexity index is 507. The summed E-state index contributed by atoms with van der Waals surface area (Å²) in [6.45, 7) is 6.93. The number of hydrogen-bond acceptors (Lipinski definition) is 4. The summed E-state index contributed by atoms with van der Waals surface area (Å²) < 4.78 is 0. The minimum Gasteiger partial charge on any atom is -0.354 e. The van der Waals surface area contributed by atoms with Crippen LogP contribution in [0.2, 0.25) is 5.15 Å². The second-order valence-electron chi connectivity index (χ2n) is 3.33. The first-order chi connectivity index (χ1) is 7.13. The number of halogens is 1. The van der Waals surface area contributed by atoms with Gasteiger partial charge in [0.1, 0.15) is 9.98 Å². The van der Waals surface area contributed by atoms with Gasteiger partial charge in [-0.2, -0.15) is 0 Å². The van der Waals surface area contributed by atoms with Crippen molar-refractivity contribution in [2.45, 2.75) is 20.8 Å². The molecule has 2 rings (SSSR count). The molecule has 2 heterocycles. The van der Waals surface area contributed by atoms with E-state index in [1.165, 1.54) is 10.4 Å². The van der Waals surface area contributed by atoms with Crippen molar-refractivity contribution in [3.8, 4) is 0 Å². The molecular formula is C10H12ClN3S. The van der Waals surface area contributed by atoms with E-state index in [0.29, 0.717) is 11.1 Å². The van der Waals surface area contributed by atoms with Crippen LogP contribution in [0.1, 0.15) is 17.4 Å². The van der Waals surface area contributed by atoms with Gasteiger partial charge in [0, 0.05) is 11.4 Å². The van der Waals surface area contributed by atoms with E-state index in [9.17, 15) is 0 Å². The van der Waals surface area contributed by atoms with Crippen LogP contribution >= 0.6 is 22.9 Å². The molecule has 0 saturated heterocycles. The smallest absolute Gasteiger partial charge is 0.225 e. The molecule has 15 heavy (non-hydrogen) atoms. The molecule has 0 aliphatic heterocycles. The zero-order valence-corrected chi connectivity index (χ0v) is 10.5. The number of aromatic nitrogens is 2. The predicted molar refractivity (Wildman–Crippen MR) is 66.1 cm³/mol. The fraction of sp³-hybridized carbons (Fsp3) is 0.400. The first-order valence-electron chi connectivity index (χ1n) is 4.80. The molecule has 1 N–H and O–H groups in total. The number of thiophene rings is 1. The van der Waals surface area contributed by atoms with E-state index in [0.717, 1.165) is 16.8 Å². The molecule has 2 aromatic heterocycles. The topological polar surface area (TPSA) is 37.8 Å². The Morgan fingerprint density at radius 3 is 2.73 bits per heavy atom. The van der Waals surface area contributed by atoms with Gasteiger partial charge in [-0.15, -0.1) is 11.3 Å². The second kappa shape index (κ2) is 3.94. The monoisotopic (exact) mass is 241 g/mol. The summed E-state index contributed by atoms with van der Waals surface area (Å²) >= 11 is 7.79. The van der Waals surface area contributed by atoms with Crippen LogP contribution in [0.5, 0.6) is 0 Å². The summed E-state index contributed by atoms with van der Waals surface area (Å²) in [5.74, 6) is 0.608. The van der Waals surface area contributed by atoms with E-state index < -0.39 is 0 Å². The van der Waals surface area contributed by atoms with Crippen molar-refractivity contribution in [2.75, 3.05) is 11.9 Å². The molecule has 0 fully saturated rings. The van der Waals surface area contributed by atoms with Gasteiger partial charge in [0.25, 0.3) is 0 Å². The molecule has 5 heteroatoms. The van der Waals surface area contributed by atoms with Gasteiger partial charge in [0.05, 0.1) is 5.39 Å². The Hall–Kier alpha value is -0.870. The van der Waals surface area contributed by atoms with Crippen molar-refractivity contribution < 1.29 is 0 Å². The van der Waals surface area contributed by atoms with Crippen molar-refractivity contribution in [1.82, 2.24) is 9.97 Å². The van der Waals surface area contributed by atoms with Gasteiger partial charge in [-0.3, -0.25) is 0 Å². The first kappa shape index (κ1) is 10.6. The largest absolute Gasteiger partial charge is 0.354 e. The van der Waals surface area contributed by atoms with Crippen molar-refractivity contribution >= 4 is 39.1 Å². The maximum atomic E-state index is 6.13. The number of fused-ring (bicyclic) bond motifs is 1. The highest BCUT2D eigenvalue weighted by Gasteiger charge is 2.12. The van der Waals surface area contributed by atoms with Crippen LogP contribution in [0.15, 0.2) is 0 Å². The van der Waals surface area contributed by atoms with E-state index in [4.69, 9.17) is 11.6 Å². The van der Waals surface area contributed by atoms with Crippen LogP contribution in [0.3, 0.4) is 0 Å². The van der Waals surface area contributed by atoms with Gasteiger partial charge in [0.15, 0.2) is 0 Å². The van der Waals surface area contributed by atoms with Gasteiger partial charge in [-0.05, 0) is 26.3 Å². The van der Waals surface area contributed by atoms with Gasteiger partial charge >= 0.3 is 0 Å². The highest BCUT2D eigenvalue weighted by atomic mass is 35.5. The first-order valence-corrected chi connectivity index (χ1v) is 6.00. The van der Waals surface area contributed by atoms with Crippen LogP contribution < -0.4 is 5.32 Å². The van der Waals surface area contributed by atoms with Gasteiger partial charge in [0.2, 0.25) is 5.95 Å². The van der Waals surface area contributed by atoms with Crippen molar-refractivity contribution in [2.24, 2.45) is 0 Å². The fourth-order valence-electron chi connectivity index (χ4n) is 1.44. The van der Waals surface area contributed by atoms with Gasteiger partial charge in [-0.25, -0.2) is 9.97 Å². The minimum absolute atomic E-state index is 0.540. The maximum Gasteiger partial charge on any atom is 0.225 e. The average molecular weight is 242 g/mol. The van der Waals surface area contributed by atoms with E-state index in [-0.39, 0.29) is 0 Å². The van der Waals surface area contributed by atoms with Crippen molar-refractivity contribution in [1.29, 1.82) is 0 Å². The molecule has 0 spiro atoms. The van der Waals surface area contributed by atoms with Crippen LogP contribution in [-0.4, -0.2) is 16.5 Å². The van der Waals surface area contributed by atoms with Crippen LogP contribution in [0.4, 0.5) is 5.95 Å². The Morgan fingerprint density at radius 1 is 1.33 bits per heavy atom. The lowest BCUT2D eigenvalue weighted by atomic mass is 10.2. The number of nitrogens with zero attached hydrogens (tertiary/aromatic N) is 2. The lowest BCUT2D eigenvalue weighted by Crippen LogP contribution is -2.01. The predicted octanol–water partition coefficient (Wildman–Crippen LogP) is 3.39. The van der Waals surface area contributed by atoms with Gasteiger partial charge < -0.3 is 5.32 Å². The molecule has 0 bridgehead atoms. The summed E-state index contributed by atoms with van der Waals surface area (Å²) in [5, 5.41) is 4.60. The number of anilines is 1. The third-order valence-corrected chi connectivity index (χ3v) is 3.69. The molecule has 0 aromatic carbocycles. The van der Waals surface area contributed by atoms with Crippen molar-refractivity contribution in [3.63, 3.8) is 0 Å². The average Bonchev–Trinajstić information content (AvgIpc) is 2.43.